The summed E-state index contributed by atoms with van der Waals surface area (Å²) in [6.07, 6.45) is 14.7. The van der Waals surface area contributed by atoms with Crippen molar-refractivity contribution in [3.8, 4) is 0 Å². The van der Waals surface area contributed by atoms with Gasteiger partial charge in [-0.05, 0) is 31.6 Å². The first-order chi connectivity index (χ1) is 8.77. The first-order valence-corrected chi connectivity index (χ1v) is 8.04. The predicted octanol–water partition coefficient (Wildman–Crippen LogP) is 4.14. The SMILES string of the molecule is CC(=O)N(CC1CCCCCC1)C1CCCCC1. The van der Waals surface area contributed by atoms with Crippen LogP contribution in [0.1, 0.15) is 77.6 Å². The topological polar surface area (TPSA) is 20.3 Å². The minimum atomic E-state index is 0.311. The molecule has 2 fully saturated rings. The Labute approximate surface area is 112 Å². The molecule has 2 nitrogen and oxygen atoms in total. The molecule has 0 spiro atoms. The molecule has 104 valence electrons. The summed E-state index contributed by atoms with van der Waals surface area (Å²) in [5.74, 6) is 1.09. The maximum atomic E-state index is 11.9. The van der Waals surface area contributed by atoms with Crippen molar-refractivity contribution in [3.05, 3.63) is 0 Å². The van der Waals surface area contributed by atoms with Crippen molar-refractivity contribution in [2.45, 2.75) is 83.6 Å². The van der Waals surface area contributed by atoms with Gasteiger partial charge in [-0.3, -0.25) is 4.79 Å². The van der Waals surface area contributed by atoms with Gasteiger partial charge in [0.05, 0.1) is 0 Å². The van der Waals surface area contributed by atoms with Crippen LogP contribution in [0.3, 0.4) is 0 Å². The summed E-state index contributed by atoms with van der Waals surface area (Å²) in [7, 11) is 0. The number of nitrogens with zero attached hydrogens (tertiary/aromatic N) is 1. The van der Waals surface area contributed by atoms with Gasteiger partial charge in [-0.25, -0.2) is 0 Å². The Kier molecular flexibility index (Phi) is 5.52. The Morgan fingerprint density at radius 1 is 0.889 bits per heavy atom. The lowest BCUT2D eigenvalue weighted by Crippen LogP contribution is -2.43. The Morgan fingerprint density at radius 3 is 1.94 bits per heavy atom. The molecule has 1 amide bonds. The van der Waals surface area contributed by atoms with E-state index >= 15 is 0 Å². The van der Waals surface area contributed by atoms with Crippen molar-refractivity contribution in [1.82, 2.24) is 4.90 Å². The van der Waals surface area contributed by atoms with Crippen molar-refractivity contribution in [2.75, 3.05) is 6.54 Å². The normalized spacial score (nSPS) is 23.6. The van der Waals surface area contributed by atoms with Gasteiger partial charge in [0.15, 0.2) is 0 Å². The molecule has 0 unspecified atom stereocenters. The number of carbonyl (C=O) groups is 1. The average molecular weight is 251 g/mol. The van der Waals surface area contributed by atoms with Crippen LogP contribution in [-0.2, 0) is 4.79 Å². The Hall–Kier alpha value is -0.530. The standard InChI is InChI=1S/C16H29NO/c1-14(18)17(16-11-7-4-8-12-16)13-15-9-5-2-3-6-10-15/h15-16H,2-13H2,1H3. The molecule has 2 aliphatic rings. The minimum absolute atomic E-state index is 0.311. The fourth-order valence-electron chi connectivity index (χ4n) is 3.75. The van der Waals surface area contributed by atoms with Crippen LogP contribution in [0.15, 0.2) is 0 Å². The highest BCUT2D eigenvalue weighted by molar-refractivity contribution is 5.73. The van der Waals surface area contributed by atoms with E-state index in [1.54, 1.807) is 6.92 Å². The first-order valence-electron chi connectivity index (χ1n) is 8.04. The summed E-state index contributed by atoms with van der Waals surface area (Å²) < 4.78 is 0. The molecular weight excluding hydrogens is 222 g/mol. The lowest BCUT2D eigenvalue weighted by Gasteiger charge is -2.36. The summed E-state index contributed by atoms with van der Waals surface area (Å²) in [4.78, 5) is 14.1. The highest BCUT2D eigenvalue weighted by atomic mass is 16.2. The molecule has 18 heavy (non-hydrogen) atoms. The van der Waals surface area contributed by atoms with Crippen molar-refractivity contribution in [1.29, 1.82) is 0 Å². The quantitative estimate of drug-likeness (QED) is 0.690. The van der Waals surface area contributed by atoms with E-state index in [0.717, 1.165) is 12.5 Å². The number of rotatable bonds is 3. The van der Waals surface area contributed by atoms with E-state index in [4.69, 9.17) is 0 Å². The summed E-state index contributed by atoms with van der Waals surface area (Å²) in [5.41, 5.74) is 0. The maximum absolute atomic E-state index is 11.9. The fourth-order valence-corrected chi connectivity index (χ4v) is 3.75. The zero-order valence-electron chi connectivity index (χ0n) is 12.0. The molecule has 2 aliphatic carbocycles. The van der Waals surface area contributed by atoms with Crippen LogP contribution in [0.2, 0.25) is 0 Å². The minimum Gasteiger partial charge on any atom is -0.340 e. The van der Waals surface area contributed by atoms with Crippen molar-refractivity contribution >= 4 is 5.91 Å². The van der Waals surface area contributed by atoms with Crippen LogP contribution >= 0.6 is 0 Å². The van der Waals surface area contributed by atoms with Gasteiger partial charge in [0, 0.05) is 19.5 Å². The number of carbonyl (C=O) groups excluding carboxylic acids is 1. The molecule has 0 heterocycles. The van der Waals surface area contributed by atoms with Gasteiger partial charge < -0.3 is 4.90 Å². The zero-order chi connectivity index (χ0) is 12.8. The van der Waals surface area contributed by atoms with Crippen molar-refractivity contribution < 1.29 is 4.79 Å². The number of hydrogen-bond acceptors (Lipinski definition) is 1. The van der Waals surface area contributed by atoms with Crippen LogP contribution in [0.5, 0.6) is 0 Å². The predicted molar refractivity (Wildman–Crippen MR) is 75.5 cm³/mol. The van der Waals surface area contributed by atoms with Crippen LogP contribution in [-0.4, -0.2) is 23.4 Å². The molecule has 0 bridgehead atoms. The molecule has 0 aromatic heterocycles. The molecule has 0 aliphatic heterocycles. The molecule has 2 rings (SSSR count). The molecule has 0 atom stereocenters. The zero-order valence-corrected chi connectivity index (χ0v) is 12.0. The average Bonchev–Trinajstić information content (AvgIpc) is 2.65. The molecule has 0 saturated heterocycles. The highest BCUT2D eigenvalue weighted by Crippen LogP contribution is 2.28. The van der Waals surface area contributed by atoms with E-state index in [0.29, 0.717) is 11.9 Å². The third-order valence-corrected chi connectivity index (χ3v) is 4.85. The van der Waals surface area contributed by atoms with Gasteiger partial charge in [-0.2, -0.15) is 0 Å². The van der Waals surface area contributed by atoms with E-state index < -0.39 is 0 Å². The third kappa shape index (κ3) is 4.00. The summed E-state index contributed by atoms with van der Waals surface area (Å²) >= 11 is 0. The lowest BCUT2D eigenvalue weighted by molar-refractivity contribution is -0.132. The van der Waals surface area contributed by atoms with Gasteiger partial charge in [-0.1, -0.05) is 44.9 Å². The van der Waals surface area contributed by atoms with Crippen molar-refractivity contribution in [2.24, 2.45) is 5.92 Å². The Morgan fingerprint density at radius 2 is 1.39 bits per heavy atom. The first kappa shape index (κ1) is 13.9. The fraction of sp³-hybridized carbons (Fsp3) is 0.938. The molecule has 0 aromatic rings. The summed E-state index contributed by atoms with van der Waals surface area (Å²) in [6.45, 7) is 2.81. The Balaban J connectivity index is 1.89. The monoisotopic (exact) mass is 251 g/mol. The summed E-state index contributed by atoms with van der Waals surface area (Å²) in [6, 6.07) is 0.555. The number of amides is 1. The van der Waals surface area contributed by atoms with Crippen LogP contribution in [0.25, 0.3) is 0 Å². The van der Waals surface area contributed by atoms with Gasteiger partial charge in [0.1, 0.15) is 0 Å². The van der Waals surface area contributed by atoms with Gasteiger partial charge >= 0.3 is 0 Å². The molecule has 2 heteroatoms. The second-order valence-electron chi connectivity index (χ2n) is 6.32. The van der Waals surface area contributed by atoms with Crippen LogP contribution in [0.4, 0.5) is 0 Å². The lowest BCUT2D eigenvalue weighted by atomic mass is 9.92. The van der Waals surface area contributed by atoms with Crippen molar-refractivity contribution in [3.63, 3.8) is 0 Å². The molecule has 0 aromatic carbocycles. The van der Waals surface area contributed by atoms with E-state index in [-0.39, 0.29) is 0 Å². The molecule has 2 saturated carbocycles. The van der Waals surface area contributed by atoms with E-state index in [1.165, 1.54) is 70.6 Å². The third-order valence-electron chi connectivity index (χ3n) is 4.85. The van der Waals surface area contributed by atoms with Gasteiger partial charge in [0.2, 0.25) is 5.91 Å². The molecule has 0 N–H and O–H groups in total. The van der Waals surface area contributed by atoms with Crippen LogP contribution < -0.4 is 0 Å². The summed E-state index contributed by atoms with van der Waals surface area (Å²) in [5, 5.41) is 0. The largest absolute Gasteiger partial charge is 0.340 e. The van der Waals surface area contributed by atoms with E-state index in [9.17, 15) is 4.79 Å². The molecule has 0 radical (unpaired) electrons. The smallest absolute Gasteiger partial charge is 0.219 e. The maximum Gasteiger partial charge on any atom is 0.219 e. The van der Waals surface area contributed by atoms with E-state index in [2.05, 4.69) is 4.90 Å². The number of hydrogen-bond donors (Lipinski definition) is 0. The highest BCUT2D eigenvalue weighted by Gasteiger charge is 2.25. The van der Waals surface area contributed by atoms with E-state index in [1.807, 2.05) is 0 Å². The Bertz CT molecular complexity index is 250. The second-order valence-corrected chi connectivity index (χ2v) is 6.32. The van der Waals surface area contributed by atoms with Crippen LogP contribution in [0, 0.1) is 5.92 Å². The molecular formula is C16H29NO. The van der Waals surface area contributed by atoms with Gasteiger partial charge in [-0.15, -0.1) is 0 Å². The second kappa shape index (κ2) is 7.16. The van der Waals surface area contributed by atoms with Gasteiger partial charge in [0.25, 0.3) is 0 Å².